The van der Waals surface area contributed by atoms with Crippen LogP contribution in [0.25, 0.3) is 0 Å². The summed E-state index contributed by atoms with van der Waals surface area (Å²) >= 11 is 0. The summed E-state index contributed by atoms with van der Waals surface area (Å²) in [6, 6.07) is 0. The van der Waals surface area contributed by atoms with E-state index in [1.807, 2.05) is 4.68 Å². The van der Waals surface area contributed by atoms with Crippen LogP contribution >= 0.6 is 0 Å². The fraction of sp³-hybridized carbons (Fsp3) is 0.727. The maximum absolute atomic E-state index is 10.9. The van der Waals surface area contributed by atoms with Gasteiger partial charge in [-0.25, -0.2) is 9.67 Å². The molecule has 16 heavy (non-hydrogen) atoms. The Hall–Kier alpha value is -1.39. The van der Waals surface area contributed by atoms with Crippen LogP contribution in [0.15, 0.2) is 0 Å². The van der Waals surface area contributed by atoms with E-state index in [1.165, 1.54) is 19.3 Å². The van der Waals surface area contributed by atoms with Crippen molar-refractivity contribution in [2.45, 2.75) is 44.6 Å². The first-order valence-electron chi connectivity index (χ1n) is 5.90. The molecule has 1 aromatic heterocycles. The molecule has 1 N–H and O–H groups in total. The number of carboxylic acids is 1. The molecule has 5 heteroatoms. The van der Waals surface area contributed by atoms with E-state index in [0.29, 0.717) is 25.3 Å². The van der Waals surface area contributed by atoms with Crippen molar-refractivity contribution in [1.29, 1.82) is 0 Å². The SMILES string of the molecule is O=C(O)C1CCn2nc(C3CCC3)nc2C1. The Bertz CT molecular complexity index is 423. The van der Waals surface area contributed by atoms with Crippen LogP contribution in [0.2, 0.25) is 0 Å². The summed E-state index contributed by atoms with van der Waals surface area (Å²) in [5, 5.41) is 13.5. The normalized spacial score (nSPS) is 24.9. The van der Waals surface area contributed by atoms with Gasteiger partial charge < -0.3 is 5.11 Å². The molecule has 1 aliphatic carbocycles. The molecule has 3 rings (SSSR count). The van der Waals surface area contributed by atoms with Gasteiger partial charge in [0.25, 0.3) is 0 Å². The molecule has 0 bridgehead atoms. The molecule has 0 radical (unpaired) electrons. The van der Waals surface area contributed by atoms with Crippen molar-refractivity contribution in [1.82, 2.24) is 14.8 Å². The zero-order valence-corrected chi connectivity index (χ0v) is 9.09. The zero-order valence-electron chi connectivity index (χ0n) is 9.09. The number of aliphatic carboxylic acids is 1. The molecule has 1 fully saturated rings. The third-order valence-corrected chi connectivity index (χ3v) is 3.70. The molecule has 2 aliphatic rings. The summed E-state index contributed by atoms with van der Waals surface area (Å²) in [5.74, 6) is 1.35. The standard InChI is InChI=1S/C11H15N3O2/c15-11(16)8-4-5-14-9(6-8)12-10(13-14)7-2-1-3-7/h7-8H,1-6H2,(H,15,16). The molecular formula is C11H15N3O2. The summed E-state index contributed by atoms with van der Waals surface area (Å²) in [6.07, 6.45) is 4.86. The third kappa shape index (κ3) is 1.50. The topological polar surface area (TPSA) is 68.0 Å². The minimum absolute atomic E-state index is 0.272. The van der Waals surface area contributed by atoms with Gasteiger partial charge in [-0.15, -0.1) is 0 Å². The molecule has 86 valence electrons. The average Bonchev–Trinajstić information content (AvgIpc) is 2.56. The van der Waals surface area contributed by atoms with Gasteiger partial charge in [-0.3, -0.25) is 4.79 Å². The van der Waals surface area contributed by atoms with Gasteiger partial charge >= 0.3 is 5.97 Å². The van der Waals surface area contributed by atoms with Crippen LogP contribution in [0, 0.1) is 5.92 Å². The molecule has 5 nitrogen and oxygen atoms in total. The number of aryl methyl sites for hydroxylation is 1. The van der Waals surface area contributed by atoms with Crippen LogP contribution in [0.1, 0.15) is 43.3 Å². The molecule has 1 aromatic rings. The highest BCUT2D eigenvalue weighted by Gasteiger charge is 2.30. The Kier molecular flexibility index (Phi) is 2.19. The molecule has 0 amide bonds. The highest BCUT2D eigenvalue weighted by Crippen LogP contribution is 2.35. The van der Waals surface area contributed by atoms with Crippen LogP contribution < -0.4 is 0 Å². The summed E-state index contributed by atoms with van der Waals surface area (Å²) in [4.78, 5) is 15.4. The van der Waals surface area contributed by atoms with Crippen molar-refractivity contribution in [2.24, 2.45) is 5.92 Å². The molecular weight excluding hydrogens is 206 g/mol. The highest BCUT2D eigenvalue weighted by molar-refractivity contribution is 5.70. The van der Waals surface area contributed by atoms with Crippen LogP contribution in [0.3, 0.4) is 0 Å². The van der Waals surface area contributed by atoms with Crippen molar-refractivity contribution < 1.29 is 9.90 Å². The second-order valence-electron chi connectivity index (χ2n) is 4.77. The Balaban J connectivity index is 1.82. The second kappa shape index (κ2) is 3.57. The first kappa shape index (κ1) is 9.81. The molecule has 2 heterocycles. The number of aromatic nitrogens is 3. The lowest BCUT2D eigenvalue weighted by molar-refractivity contribution is -0.142. The quantitative estimate of drug-likeness (QED) is 0.814. The number of hydrogen-bond acceptors (Lipinski definition) is 3. The maximum Gasteiger partial charge on any atom is 0.307 e. The second-order valence-corrected chi connectivity index (χ2v) is 4.77. The van der Waals surface area contributed by atoms with Crippen LogP contribution in [0.4, 0.5) is 0 Å². The van der Waals surface area contributed by atoms with Gasteiger partial charge in [0.1, 0.15) is 5.82 Å². The van der Waals surface area contributed by atoms with Crippen LogP contribution in [-0.2, 0) is 17.8 Å². The van der Waals surface area contributed by atoms with E-state index in [0.717, 1.165) is 11.6 Å². The van der Waals surface area contributed by atoms with Crippen molar-refractivity contribution in [2.75, 3.05) is 0 Å². The number of hydrogen-bond donors (Lipinski definition) is 1. The molecule has 1 unspecified atom stereocenters. The first-order valence-corrected chi connectivity index (χ1v) is 5.90. The van der Waals surface area contributed by atoms with E-state index in [4.69, 9.17) is 5.11 Å². The van der Waals surface area contributed by atoms with E-state index in [2.05, 4.69) is 10.1 Å². The lowest BCUT2D eigenvalue weighted by atomic mass is 9.85. The van der Waals surface area contributed by atoms with E-state index in [1.54, 1.807) is 0 Å². The predicted molar refractivity (Wildman–Crippen MR) is 56.1 cm³/mol. The molecule has 0 saturated heterocycles. The van der Waals surface area contributed by atoms with Gasteiger partial charge in [0, 0.05) is 18.9 Å². The molecule has 0 aromatic carbocycles. The largest absolute Gasteiger partial charge is 0.481 e. The minimum Gasteiger partial charge on any atom is -0.481 e. The monoisotopic (exact) mass is 221 g/mol. The van der Waals surface area contributed by atoms with Gasteiger partial charge in [0.05, 0.1) is 5.92 Å². The number of carbonyl (C=O) groups is 1. The van der Waals surface area contributed by atoms with Crippen molar-refractivity contribution >= 4 is 5.97 Å². The summed E-state index contributed by atoms with van der Waals surface area (Å²) in [6.45, 7) is 0.700. The van der Waals surface area contributed by atoms with Crippen molar-refractivity contribution in [3.63, 3.8) is 0 Å². The summed E-state index contributed by atoms with van der Waals surface area (Å²) < 4.78 is 1.90. The number of carboxylic acid groups (broad SMARTS) is 1. The Morgan fingerprint density at radius 1 is 1.38 bits per heavy atom. The highest BCUT2D eigenvalue weighted by atomic mass is 16.4. The molecule has 0 spiro atoms. The van der Waals surface area contributed by atoms with Gasteiger partial charge in [-0.2, -0.15) is 5.10 Å². The van der Waals surface area contributed by atoms with E-state index in [-0.39, 0.29) is 5.92 Å². The van der Waals surface area contributed by atoms with Crippen molar-refractivity contribution in [3.8, 4) is 0 Å². The van der Waals surface area contributed by atoms with Gasteiger partial charge in [-0.05, 0) is 19.3 Å². The third-order valence-electron chi connectivity index (χ3n) is 3.70. The zero-order chi connectivity index (χ0) is 11.1. The Labute approximate surface area is 93.5 Å². The average molecular weight is 221 g/mol. The molecule has 1 atom stereocenters. The fourth-order valence-electron chi connectivity index (χ4n) is 2.37. The lowest BCUT2D eigenvalue weighted by Gasteiger charge is -2.21. The minimum atomic E-state index is -0.709. The fourth-order valence-corrected chi connectivity index (χ4v) is 2.37. The first-order chi connectivity index (χ1) is 7.74. The van der Waals surface area contributed by atoms with Crippen molar-refractivity contribution in [3.05, 3.63) is 11.6 Å². The van der Waals surface area contributed by atoms with E-state index in [9.17, 15) is 4.79 Å². The number of rotatable bonds is 2. The Morgan fingerprint density at radius 2 is 2.19 bits per heavy atom. The van der Waals surface area contributed by atoms with Gasteiger partial charge in [0.15, 0.2) is 5.82 Å². The summed E-state index contributed by atoms with van der Waals surface area (Å²) in [5.41, 5.74) is 0. The van der Waals surface area contributed by atoms with Crippen LogP contribution in [0.5, 0.6) is 0 Å². The Morgan fingerprint density at radius 3 is 2.81 bits per heavy atom. The predicted octanol–water partition coefficient (Wildman–Crippen LogP) is 1.19. The lowest BCUT2D eigenvalue weighted by Crippen LogP contribution is -2.26. The van der Waals surface area contributed by atoms with Gasteiger partial charge in [0.2, 0.25) is 0 Å². The molecule has 1 aliphatic heterocycles. The van der Waals surface area contributed by atoms with E-state index >= 15 is 0 Å². The smallest absolute Gasteiger partial charge is 0.307 e. The van der Waals surface area contributed by atoms with Crippen LogP contribution in [-0.4, -0.2) is 25.8 Å². The number of fused-ring (bicyclic) bond motifs is 1. The van der Waals surface area contributed by atoms with Gasteiger partial charge in [-0.1, -0.05) is 6.42 Å². The number of nitrogens with zero attached hydrogens (tertiary/aromatic N) is 3. The molecule has 1 saturated carbocycles. The van der Waals surface area contributed by atoms with E-state index < -0.39 is 5.97 Å². The maximum atomic E-state index is 10.9. The summed E-state index contributed by atoms with van der Waals surface area (Å²) in [7, 11) is 0.